The molecule has 1 aromatic heterocycles. The molecule has 0 unspecified atom stereocenters. The zero-order chi connectivity index (χ0) is 14.5. The van der Waals surface area contributed by atoms with Crippen molar-refractivity contribution >= 4 is 11.8 Å². The molecule has 0 radical (unpaired) electrons. The molecule has 0 aliphatic heterocycles. The Morgan fingerprint density at radius 1 is 1.05 bits per heavy atom. The molecule has 21 heavy (non-hydrogen) atoms. The van der Waals surface area contributed by atoms with Crippen molar-refractivity contribution in [2.75, 3.05) is 0 Å². The third kappa shape index (κ3) is 3.12. The van der Waals surface area contributed by atoms with Crippen LogP contribution in [-0.4, -0.2) is 14.8 Å². The second kappa shape index (κ2) is 6.25. The van der Waals surface area contributed by atoms with Crippen molar-refractivity contribution in [3.05, 3.63) is 72.1 Å². The minimum atomic E-state index is 0.677. The Labute approximate surface area is 127 Å². The Hall–Kier alpha value is -2.58. The SMILES string of the molecule is N#Cc1ccc(CSc2nncn2-c2ccccc2)cc1. The molecular weight excluding hydrogens is 280 g/mol. The summed E-state index contributed by atoms with van der Waals surface area (Å²) in [5.41, 5.74) is 2.88. The van der Waals surface area contributed by atoms with Crippen molar-refractivity contribution in [3.8, 4) is 11.8 Å². The predicted molar refractivity (Wildman–Crippen MR) is 82.1 cm³/mol. The van der Waals surface area contributed by atoms with Gasteiger partial charge < -0.3 is 0 Å². The summed E-state index contributed by atoms with van der Waals surface area (Å²) in [5.74, 6) is 0.789. The molecule has 3 rings (SSSR count). The number of nitriles is 1. The van der Waals surface area contributed by atoms with Gasteiger partial charge in [-0.05, 0) is 29.8 Å². The van der Waals surface area contributed by atoms with E-state index in [1.807, 2.05) is 59.2 Å². The largest absolute Gasteiger partial charge is 0.277 e. The molecule has 2 aromatic carbocycles. The lowest BCUT2D eigenvalue weighted by atomic mass is 10.2. The first-order valence-corrected chi connectivity index (χ1v) is 7.42. The molecule has 0 saturated heterocycles. The summed E-state index contributed by atoms with van der Waals surface area (Å²) >= 11 is 1.62. The van der Waals surface area contributed by atoms with Gasteiger partial charge in [0, 0.05) is 11.4 Å². The molecule has 0 saturated carbocycles. The van der Waals surface area contributed by atoms with E-state index in [9.17, 15) is 0 Å². The zero-order valence-electron chi connectivity index (χ0n) is 11.2. The lowest BCUT2D eigenvalue weighted by Crippen LogP contribution is -1.94. The molecule has 0 atom stereocenters. The van der Waals surface area contributed by atoms with Gasteiger partial charge in [-0.15, -0.1) is 10.2 Å². The van der Waals surface area contributed by atoms with Crippen molar-refractivity contribution in [1.29, 1.82) is 5.26 Å². The maximum Gasteiger partial charge on any atom is 0.195 e. The summed E-state index contributed by atoms with van der Waals surface area (Å²) in [7, 11) is 0. The Morgan fingerprint density at radius 2 is 1.81 bits per heavy atom. The van der Waals surface area contributed by atoms with E-state index in [1.165, 1.54) is 0 Å². The van der Waals surface area contributed by atoms with Crippen LogP contribution in [0.2, 0.25) is 0 Å². The van der Waals surface area contributed by atoms with E-state index in [1.54, 1.807) is 18.1 Å². The maximum absolute atomic E-state index is 8.79. The molecule has 102 valence electrons. The molecule has 3 aromatic rings. The van der Waals surface area contributed by atoms with Crippen LogP contribution in [0.1, 0.15) is 11.1 Å². The van der Waals surface area contributed by atoms with Crippen LogP contribution in [0.3, 0.4) is 0 Å². The fourth-order valence-corrected chi connectivity index (χ4v) is 2.80. The summed E-state index contributed by atoms with van der Waals surface area (Å²) in [5, 5.41) is 17.8. The lowest BCUT2D eigenvalue weighted by molar-refractivity contribution is 0.884. The van der Waals surface area contributed by atoms with Crippen LogP contribution < -0.4 is 0 Å². The van der Waals surface area contributed by atoms with Gasteiger partial charge in [-0.1, -0.05) is 42.1 Å². The molecule has 0 aliphatic carbocycles. The Balaban J connectivity index is 1.74. The number of aromatic nitrogens is 3. The normalized spacial score (nSPS) is 10.2. The summed E-state index contributed by atoms with van der Waals surface area (Å²) < 4.78 is 1.97. The Morgan fingerprint density at radius 3 is 2.52 bits per heavy atom. The van der Waals surface area contributed by atoms with Gasteiger partial charge in [0.15, 0.2) is 5.16 Å². The fourth-order valence-electron chi connectivity index (χ4n) is 1.91. The number of para-hydroxylation sites is 1. The molecule has 5 heteroatoms. The van der Waals surface area contributed by atoms with Crippen LogP contribution in [0.4, 0.5) is 0 Å². The first kappa shape index (κ1) is 13.4. The molecular formula is C16H12N4S. The molecule has 0 N–H and O–H groups in total. The summed E-state index contributed by atoms with van der Waals surface area (Å²) in [4.78, 5) is 0. The predicted octanol–water partition coefficient (Wildman–Crippen LogP) is 3.43. The first-order valence-electron chi connectivity index (χ1n) is 6.44. The van der Waals surface area contributed by atoms with Gasteiger partial charge >= 0.3 is 0 Å². The third-order valence-electron chi connectivity index (χ3n) is 3.00. The lowest BCUT2D eigenvalue weighted by Gasteiger charge is -2.06. The van der Waals surface area contributed by atoms with Gasteiger partial charge in [-0.3, -0.25) is 4.57 Å². The number of thioether (sulfide) groups is 1. The van der Waals surface area contributed by atoms with E-state index in [0.717, 1.165) is 22.2 Å². The van der Waals surface area contributed by atoms with Crippen molar-refractivity contribution in [2.45, 2.75) is 10.9 Å². The Kier molecular flexibility index (Phi) is 3.99. The van der Waals surface area contributed by atoms with Crippen LogP contribution in [0, 0.1) is 11.3 Å². The van der Waals surface area contributed by atoms with E-state index in [-0.39, 0.29) is 0 Å². The highest BCUT2D eigenvalue weighted by molar-refractivity contribution is 7.98. The van der Waals surface area contributed by atoms with Crippen LogP contribution in [0.15, 0.2) is 66.1 Å². The number of hydrogen-bond donors (Lipinski definition) is 0. The third-order valence-corrected chi connectivity index (χ3v) is 4.02. The van der Waals surface area contributed by atoms with Crippen LogP contribution in [-0.2, 0) is 5.75 Å². The van der Waals surface area contributed by atoms with Gasteiger partial charge in [0.1, 0.15) is 6.33 Å². The second-order valence-electron chi connectivity index (χ2n) is 4.42. The molecule has 4 nitrogen and oxygen atoms in total. The minimum Gasteiger partial charge on any atom is -0.277 e. The highest BCUT2D eigenvalue weighted by Gasteiger charge is 2.07. The van der Waals surface area contributed by atoms with E-state index in [2.05, 4.69) is 16.3 Å². The monoisotopic (exact) mass is 292 g/mol. The number of rotatable bonds is 4. The number of nitrogens with zero attached hydrogens (tertiary/aromatic N) is 4. The molecule has 0 bridgehead atoms. The molecule has 0 aliphatic rings. The van der Waals surface area contributed by atoms with E-state index >= 15 is 0 Å². The summed E-state index contributed by atoms with van der Waals surface area (Å²) in [6, 6.07) is 19.7. The second-order valence-corrected chi connectivity index (χ2v) is 5.36. The first-order chi connectivity index (χ1) is 10.4. The fraction of sp³-hybridized carbons (Fsp3) is 0.0625. The molecule has 0 amide bonds. The van der Waals surface area contributed by atoms with Crippen LogP contribution >= 0.6 is 11.8 Å². The van der Waals surface area contributed by atoms with Crippen molar-refractivity contribution in [3.63, 3.8) is 0 Å². The van der Waals surface area contributed by atoms with Gasteiger partial charge in [0.2, 0.25) is 0 Å². The quantitative estimate of drug-likeness (QED) is 0.691. The average Bonchev–Trinajstić information content (AvgIpc) is 3.03. The van der Waals surface area contributed by atoms with Crippen LogP contribution in [0.5, 0.6) is 0 Å². The van der Waals surface area contributed by atoms with Gasteiger partial charge in [0.25, 0.3) is 0 Å². The van der Waals surface area contributed by atoms with E-state index in [0.29, 0.717) is 5.56 Å². The topological polar surface area (TPSA) is 54.5 Å². The summed E-state index contributed by atoms with van der Waals surface area (Å²) in [6.45, 7) is 0. The number of benzene rings is 2. The molecule has 0 spiro atoms. The highest BCUT2D eigenvalue weighted by Crippen LogP contribution is 2.23. The van der Waals surface area contributed by atoms with Gasteiger partial charge in [0.05, 0.1) is 11.6 Å². The maximum atomic E-state index is 8.79. The van der Waals surface area contributed by atoms with Gasteiger partial charge in [-0.2, -0.15) is 5.26 Å². The number of hydrogen-bond acceptors (Lipinski definition) is 4. The summed E-state index contributed by atoms with van der Waals surface area (Å²) in [6.07, 6.45) is 1.72. The van der Waals surface area contributed by atoms with Crippen molar-refractivity contribution < 1.29 is 0 Å². The smallest absolute Gasteiger partial charge is 0.195 e. The Bertz CT molecular complexity index is 757. The minimum absolute atomic E-state index is 0.677. The van der Waals surface area contributed by atoms with Gasteiger partial charge in [-0.25, -0.2) is 0 Å². The highest BCUT2D eigenvalue weighted by atomic mass is 32.2. The van der Waals surface area contributed by atoms with Crippen LogP contribution in [0.25, 0.3) is 5.69 Å². The van der Waals surface area contributed by atoms with E-state index < -0.39 is 0 Å². The van der Waals surface area contributed by atoms with Crippen molar-refractivity contribution in [2.24, 2.45) is 0 Å². The molecule has 0 fully saturated rings. The molecule has 1 heterocycles. The average molecular weight is 292 g/mol. The van der Waals surface area contributed by atoms with Crippen molar-refractivity contribution in [1.82, 2.24) is 14.8 Å². The standard InChI is InChI=1S/C16H12N4S/c17-10-13-6-8-14(9-7-13)11-21-16-19-18-12-20(16)15-4-2-1-3-5-15/h1-9,12H,11H2. The van der Waals surface area contributed by atoms with E-state index in [4.69, 9.17) is 5.26 Å². The zero-order valence-corrected chi connectivity index (χ0v) is 12.0.